The maximum absolute atomic E-state index is 11.0. The second-order valence-corrected chi connectivity index (χ2v) is 5.87. The highest BCUT2D eigenvalue weighted by molar-refractivity contribution is 7.15. The fraction of sp³-hybridized carbons (Fsp3) is 0.250. The van der Waals surface area contributed by atoms with Crippen LogP contribution >= 0.6 is 22.9 Å². The molecule has 0 unspecified atom stereocenters. The Balaban J connectivity index is 2.23. The van der Waals surface area contributed by atoms with Gasteiger partial charge in [0.25, 0.3) is 5.69 Å². The van der Waals surface area contributed by atoms with Crippen LogP contribution in [0.3, 0.4) is 0 Å². The molecule has 0 bridgehead atoms. The number of nitrogens with one attached hydrogen (secondary N) is 1. The highest BCUT2D eigenvalue weighted by Gasteiger charge is 2.15. The number of hydrogen-bond donors (Lipinski definition) is 1. The van der Waals surface area contributed by atoms with E-state index in [9.17, 15) is 10.1 Å². The highest BCUT2D eigenvalue weighted by atomic mass is 35.5. The monoisotopic (exact) mass is 297 g/mol. The minimum atomic E-state index is -0.385. The number of aromatic nitrogens is 1. The molecular weight excluding hydrogens is 286 g/mol. The summed E-state index contributed by atoms with van der Waals surface area (Å²) >= 11 is 7.14. The quantitative estimate of drug-likeness (QED) is 0.685. The molecule has 19 heavy (non-hydrogen) atoms. The van der Waals surface area contributed by atoms with Gasteiger partial charge in [-0.05, 0) is 31.0 Å². The van der Waals surface area contributed by atoms with E-state index in [1.165, 1.54) is 11.3 Å². The van der Waals surface area contributed by atoms with Crippen LogP contribution < -0.4 is 5.32 Å². The van der Waals surface area contributed by atoms with Crippen LogP contribution in [0.15, 0.2) is 18.3 Å². The Bertz CT molecular complexity index is 627. The SMILES string of the molecule is Cc1cc(NCc2ncc(Cl)s2)c([N+](=O)[O-])cc1C. The van der Waals surface area contributed by atoms with E-state index in [0.717, 1.165) is 16.1 Å². The molecule has 0 spiro atoms. The minimum Gasteiger partial charge on any atom is -0.373 e. The molecule has 0 aliphatic carbocycles. The molecule has 0 atom stereocenters. The second kappa shape index (κ2) is 5.54. The lowest BCUT2D eigenvalue weighted by atomic mass is 10.1. The molecule has 5 nitrogen and oxygen atoms in total. The maximum atomic E-state index is 11.0. The molecule has 0 fully saturated rings. The van der Waals surface area contributed by atoms with Gasteiger partial charge in [-0.15, -0.1) is 11.3 Å². The summed E-state index contributed by atoms with van der Waals surface area (Å²) in [6.45, 7) is 4.19. The lowest BCUT2D eigenvalue weighted by molar-refractivity contribution is -0.384. The molecule has 7 heteroatoms. The second-order valence-electron chi connectivity index (χ2n) is 4.12. The molecule has 0 saturated carbocycles. The van der Waals surface area contributed by atoms with Crippen molar-refractivity contribution in [3.63, 3.8) is 0 Å². The zero-order valence-electron chi connectivity index (χ0n) is 10.4. The van der Waals surface area contributed by atoms with Crippen LogP contribution in [-0.4, -0.2) is 9.91 Å². The molecule has 0 aliphatic heterocycles. The number of rotatable bonds is 4. The normalized spacial score (nSPS) is 10.5. The smallest absolute Gasteiger partial charge is 0.292 e. The number of nitro benzene ring substituents is 1. The summed E-state index contributed by atoms with van der Waals surface area (Å²) < 4.78 is 0.603. The van der Waals surface area contributed by atoms with E-state index in [-0.39, 0.29) is 10.6 Å². The van der Waals surface area contributed by atoms with Crippen molar-refractivity contribution in [1.29, 1.82) is 0 Å². The number of nitro groups is 1. The molecule has 0 aliphatic rings. The van der Waals surface area contributed by atoms with Crippen LogP contribution in [0.5, 0.6) is 0 Å². The number of halogens is 1. The van der Waals surface area contributed by atoms with Crippen molar-refractivity contribution in [2.75, 3.05) is 5.32 Å². The number of nitrogens with zero attached hydrogens (tertiary/aromatic N) is 2. The van der Waals surface area contributed by atoms with Gasteiger partial charge >= 0.3 is 0 Å². The molecular formula is C12H12ClN3O2S. The Morgan fingerprint density at radius 2 is 2.11 bits per heavy atom. The van der Waals surface area contributed by atoms with Crippen molar-refractivity contribution in [3.8, 4) is 0 Å². The van der Waals surface area contributed by atoms with Gasteiger partial charge in [0.1, 0.15) is 15.0 Å². The summed E-state index contributed by atoms with van der Waals surface area (Å²) in [5.41, 5.74) is 2.48. The largest absolute Gasteiger partial charge is 0.373 e. The lowest BCUT2D eigenvalue weighted by Crippen LogP contribution is -2.03. The minimum absolute atomic E-state index is 0.0748. The van der Waals surface area contributed by atoms with Crippen LogP contribution in [0.2, 0.25) is 4.34 Å². The van der Waals surface area contributed by atoms with Crippen LogP contribution in [-0.2, 0) is 6.54 Å². The van der Waals surface area contributed by atoms with Gasteiger partial charge in [0.2, 0.25) is 0 Å². The van der Waals surface area contributed by atoms with Gasteiger partial charge in [0, 0.05) is 6.07 Å². The van der Waals surface area contributed by atoms with Gasteiger partial charge in [0.05, 0.1) is 17.7 Å². The average Bonchev–Trinajstić information content (AvgIpc) is 2.76. The van der Waals surface area contributed by atoms with Gasteiger partial charge in [-0.3, -0.25) is 10.1 Å². The Morgan fingerprint density at radius 3 is 2.68 bits per heavy atom. The summed E-state index contributed by atoms with van der Waals surface area (Å²) in [5, 5.41) is 14.9. The Kier molecular flexibility index (Phi) is 4.01. The summed E-state index contributed by atoms with van der Waals surface area (Å²) in [4.78, 5) is 14.7. The van der Waals surface area contributed by atoms with Gasteiger partial charge in [-0.25, -0.2) is 4.98 Å². The molecule has 1 N–H and O–H groups in total. The van der Waals surface area contributed by atoms with Gasteiger partial charge < -0.3 is 5.32 Å². The van der Waals surface area contributed by atoms with E-state index >= 15 is 0 Å². The zero-order chi connectivity index (χ0) is 14.0. The molecule has 0 saturated heterocycles. The van der Waals surface area contributed by atoms with Crippen LogP contribution in [0, 0.1) is 24.0 Å². The van der Waals surface area contributed by atoms with E-state index in [1.54, 1.807) is 18.3 Å². The van der Waals surface area contributed by atoms with E-state index in [1.807, 2.05) is 13.8 Å². The Labute approximate surface area is 119 Å². The first kappa shape index (κ1) is 13.8. The molecule has 0 amide bonds. The predicted molar refractivity (Wildman–Crippen MR) is 77.0 cm³/mol. The molecule has 100 valence electrons. The Morgan fingerprint density at radius 1 is 1.42 bits per heavy atom. The molecule has 1 aromatic carbocycles. The van der Waals surface area contributed by atoms with Crippen molar-refractivity contribution in [2.24, 2.45) is 0 Å². The molecule has 1 heterocycles. The summed E-state index contributed by atoms with van der Waals surface area (Å²) in [6.07, 6.45) is 1.57. The first-order chi connectivity index (χ1) is 8.97. The molecule has 2 rings (SSSR count). The number of thiazole rings is 1. The number of hydrogen-bond acceptors (Lipinski definition) is 5. The van der Waals surface area contributed by atoms with Gasteiger partial charge in [0.15, 0.2) is 0 Å². The van der Waals surface area contributed by atoms with Crippen LogP contribution in [0.25, 0.3) is 0 Å². The maximum Gasteiger partial charge on any atom is 0.292 e. The zero-order valence-corrected chi connectivity index (χ0v) is 12.0. The van der Waals surface area contributed by atoms with E-state index in [4.69, 9.17) is 11.6 Å². The van der Waals surface area contributed by atoms with Gasteiger partial charge in [-0.2, -0.15) is 0 Å². The van der Waals surface area contributed by atoms with Crippen LogP contribution in [0.4, 0.5) is 11.4 Å². The first-order valence-corrected chi connectivity index (χ1v) is 6.76. The van der Waals surface area contributed by atoms with Crippen molar-refractivity contribution < 1.29 is 4.92 Å². The fourth-order valence-corrected chi connectivity index (χ4v) is 2.53. The predicted octanol–water partition coefficient (Wildman–Crippen LogP) is 3.93. The van der Waals surface area contributed by atoms with Crippen molar-refractivity contribution >= 4 is 34.3 Å². The first-order valence-electron chi connectivity index (χ1n) is 5.57. The number of anilines is 1. The highest BCUT2D eigenvalue weighted by Crippen LogP contribution is 2.29. The van der Waals surface area contributed by atoms with Gasteiger partial charge in [-0.1, -0.05) is 11.6 Å². The van der Waals surface area contributed by atoms with Crippen molar-refractivity contribution in [2.45, 2.75) is 20.4 Å². The summed E-state index contributed by atoms with van der Waals surface area (Å²) in [5.74, 6) is 0. The average molecular weight is 298 g/mol. The topological polar surface area (TPSA) is 68.1 Å². The fourth-order valence-electron chi connectivity index (χ4n) is 1.63. The third-order valence-electron chi connectivity index (χ3n) is 2.76. The molecule has 2 aromatic rings. The standard InChI is InChI=1S/C12H12ClN3O2S/c1-7-3-9(10(16(17)18)4-8(7)2)14-6-12-15-5-11(13)19-12/h3-5,14H,6H2,1-2H3. The number of benzene rings is 1. The molecule has 0 radical (unpaired) electrons. The summed E-state index contributed by atoms with van der Waals surface area (Å²) in [7, 11) is 0. The Hall–Kier alpha value is -1.66. The van der Waals surface area contributed by atoms with Crippen molar-refractivity contribution in [3.05, 3.63) is 48.9 Å². The van der Waals surface area contributed by atoms with E-state index in [0.29, 0.717) is 16.6 Å². The van der Waals surface area contributed by atoms with Crippen LogP contribution in [0.1, 0.15) is 16.1 Å². The number of aryl methyl sites for hydroxylation is 2. The molecule has 1 aromatic heterocycles. The van der Waals surface area contributed by atoms with Crippen molar-refractivity contribution in [1.82, 2.24) is 4.98 Å². The van der Waals surface area contributed by atoms with E-state index in [2.05, 4.69) is 10.3 Å². The third-order valence-corrected chi connectivity index (χ3v) is 3.88. The van der Waals surface area contributed by atoms with E-state index < -0.39 is 0 Å². The third kappa shape index (κ3) is 3.21. The summed E-state index contributed by atoms with van der Waals surface area (Å²) in [6, 6.07) is 3.36. The lowest BCUT2D eigenvalue weighted by Gasteiger charge is -2.08.